The van der Waals surface area contributed by atoms with Crippen LogP contribution in [0.15, 0.2) is 77.5 Å². The third-order valence-corrected chi connectivity index (χ3v) is 8.60. The first-order valence-electron chi connectivity index (χ1n) is 12.8. The number of para-hydroxylation sites is 1. The van der Waals surface area contributed by atoms with Crippen molar-refractivity contribution >= 4 is 22.4 Å². The maximum Gasteiger partial charge on any atom is 0.238 e. The Kier molecular flexibility index (Phi) is 4.85. The summed E-state index contributed by atoms with van der Waals surface area (Å²) in [6.45, 7) is 3.68. The van der Waals surface area contributed by atoms with E-state index in [1.165, 1.54) is 16.3 Å². The standard InChI is InChI=1S/C30H29N3O3/c1-30(18-25-31-14-17-36-25)23-10-2-3-11-24(23)33(29(30)35)20-12-15-32(16-13-20)27-21-8-4-6-19-7-5-9-22(26(19)21)28(27)34/h2-11,14,17,20,27-28,34H,12-13,15-16,18H2,1H3. The first-order valence-corrected chi connectivity index (χ1v) is 12.8. The number of hydrogen-bond acceptors (Lipinski definition) is 5. The Morgan fingerprint density at radius 3 is 2.53 bits per heavy atom. The van der Waals surface area contributed by atoms with Crippen molar-refractivity contribution in [2.75, 3.05) is 18.0 Å². The zero-order chi connectivity index (χ0) is 24.4. The van der Waals surface area contributed by atoms with Crippen LogP contribution in [0.2, 0.25) is 0 Å². The summed E-state index contributed by atoms with van der Waals surface area (Å²) in [4.78, 5) is 22.7. The molecule has 182 valence electrons. The number of piperidine rings is 1. The SMILES string of the molecule is CC1(Cc2ncco2)C(=O)N(C2CCN(C3c4cccc5cccc(c45)C3O)CC2)c2ccccc21. The molecular formula is C30H29N3O3. The fourth-order valence-corrected chi connectivity index (χ4v) is 6.87. The highest BCUT2D eigenvalue weighted by Crippen LogP contribution is 2.49. The van der Waals surface area contributed by atoms with Gasteiger partial charge >= 0.3 is 0 Å². The summed E-state index contributed by atoms with van der Waals surface area (Å²) >= 11 is 0. The number of nitrogens with zero attached hydrogens (tertiary/aromatic N) is 3. The number of aliphatic hydroxyl groups excluding tert-OH is 1. The van der Waals surface area contributed by atoms with Crippen LogP contribution in [0.4, 0.5) is 5.69 Å². The van der Waals surface area contributed by atoms with E-state index >= 15 is 0 Å². The first kappa shape index (κ1) is 21.8. The molecule has 0 radical (unpaired) electrons. The monoisotopic (exact) mass is 479 g/mol. The molecular weight excluding hydrogens is 450 g/mol. The van der Waals surface area contributed by atoms with Gasteiger partial charge in [-0.3, -0.25) is 9.69 Å². The van der Waals surface area contributed by atoms with Gasteiger partial charge in [0.05, 0.1) is 23.8 Å². The average molecular weight is 480 g/mol. The number of carbonyl (C=O) groups excluding carboxylic acids is 1. The topological polar surface area (TPSA) is 69.8 Å². The molecule has 4 aromatic rings. The van der Waals surface area contributed by atoms with Crippen molar-refractivity contribution in [1.29, 1.82) is 0 Å². The number of fused-ring (bicyclic) bond motifs is 1. The van der Waals surface area contributed by atoms with Crippen LogP contribution in [0.5, 0.6) is 0 Å². The Balaban J connectivity index is 1.15. The predicted octanol–water partition coefficient (Wildman–Crippen LogP) is 4.93. The Bertz CT molecular complexity index is 1450. The summed E-state index contributed by atoms with van der Waals surface area (Å²) in [7, 11) is 0. The Morgan fingerprint density at radius 2 is 1.78 bits per heavy atom. The summed E-state index contributed by atoms with van der Waals surface area (Å²) in [5.74, 6) is 0.708. The molecule has 0 saturated carbocycles. The van der Waals surface area contributed by atoms with E-state index in [2.05, 4.69) is 52.3 Å². The molecule has 1 N–H and O–H groups in total. The molecule has 1 saturated heterocycles. The van der Waals surface area contributed by atoms with Gasteiger partial charge in [0.2, 0.25) is 5.91 Å². The molecule has 2 aliphatic heterocycles. The van der Waals surface area contributed by atoms with E-state index in [1.54, 1.807) is 12.5 Å². The number of rotatable bonds is 4. The average Bonchev–Trinajstić information content (AvgIpc) is 3.57. The number of carbonyl (C=O) groups is 1. The van der Waals surface area contributed by atoms with Gasteiger partial charge in [-0.15, -0.1) is 0 Å². The van der Waals surface area contributed by atoms with E-state index in [9.17, 15) is 9.90 Å². The van der Waals surface area contributed by atoms with Gasteiger partial charge in [0.25, 0.3) is 0 Å². The summed E-state index contributed by atoms with van der Waals surface area (Å²) in [5.41, 5.74) is 3.60. The van der Waals surface area contributed by atoms with Crippen molar-refractivity contribution in [2.24, 2.45) is 0 Å². The molecule has 3 atom stereocenters. The van der Waals surface area contributed by atoms with Crippen molar-refractivity contribution in [3.05, 3.63) is 95.7 Å². The Morgan fingerprint density at radius 1 is 1.03 bits per heavy atom. The van der Waals surface area contributed by atoms with Crippen molar-refractivity contribution in [1.82, 2.24) is 9.88 Å². The molecule has 3 aromatic carbocycles. The van der Waals surface area contributed by atoms with Crippen LogP contribution < -0.4 is 4.90 Å². The third kappa shape index (κ3) is 3.04. The lowest BCUT2D eigenvalue weighted by atomic mass is 9.80. The zero-order valence-electron chi connectivity index (χ0n) is 20.3. The summed E-state index contributed by atoms with van der Waals surface area (Å²) in [5, 5.41) is 13.7. The van der Waals surface area contributed by atoms with Gasteiger partial charge in [0.1, 0.15) is 6.26 Å². The maximum absolute atomic E-state index is 14.0. The van der Waals surface area contributed by atoms with E-state index in [4.69, 9.17) is 4.42 Å². The summed E-state index contributed by atoms with van der Waals surface area (Å²) in [6.07, 6.45) is 4.85. The molecule has 0 spiro atoms. The number of amides is 1. The first-order chi connectivity index (χ1) is 17.6. The summed E-state index contributed by atoms with van der Waals surface area (Å²) in [6, 6.07) is 20.8. The zero-order valence-corrected chi connectivity index (χ0v) is 20.3. The smallest absolute Gasteiger partial charge is 0.238 e. The Labute approximate surface area is 210 Å². The van der Waals surface area contributed by atoms with E-state index < -0.39 is 11.5 Å². The van der Waals surface area contributed by atoms with Crippen LogP contribution in [0.1, 0.15) is 54.5 Å². The highest BCUT2D eigenvalue weighted by atomic mass is 16.3. The van der Waals surface area contributed by atoms with Crippen molar-refractivity contribution in [3.8, 4) is 0 Å². The quantitative estimate of drug-likeness (QED) is 0.450. The van der Waals surface area contributed by atoms with E-state index in [0.717, 1.165) is 42.7 Å². The number of likely N-dealkylation sites (tertiary alicyclic amines) is 1. The summed E-state index contributed by atoms with van der Waals surface area (Å²) < 4.78 is 5.52. The lowest BCUT2D eigenvalue weighted by molar-refractivity contribution is -0.123. The normalized spacial score (nSPS) is 26.2. The van der Waals surface area contributed by atoms with Gasteiger partial charge in [-0.2, -0.15) is 0 Å². The molecule has 3 unspecified atom stereocenters. The highest BCUT2D eigenvalue weighted by molar-refractivity contribution is 6.08. The van der Waals surface area contributed by atoms with Gasteiger partial charge in [-0.25, -0.2) is 4.98 Å². The van der Waals surface area contributed by atoms with Crippen LogP contribution in [-0.2, 0) is 16.6 Å². The number of anilines is 1. The second kappa shape index (κ2) is 8.02. The molecule has 3 heterocycles. The van der Waals surface area contributed by atoms with Gasteiger partial charge < -0.3 is 14.4 Å². The Hall–Kier alpha value is -3.48. The van der Waals surface area contributed by atoms with Gasteiger partial charge in [-0.05, 0) is 53.3 Å². The van der Waals surface area contributed by atoms with Crippen LogP contribution in [0, 0.1) is 0 Å². The fraction of sp³-hybridized carbons (Fsp3) is 0.333. The number of aliphatic hydroxyl groups is 1. The molecule has 1 aromatic heterocycles. The number of hydrogen-bond donors (Lipinski definition) is 1. The van der Waals surface area contributed by atoms with E-state index in [1.807, 2.05) is 30.0 Å². The number of oxazole rings is 1. The minimum absolute atomic E-state index is 0.0380. The minimum Gasteiger partial charge on any atom is -0.449 e. The fourth-order valence-electron chi connectivity index (χ4n) is 6.87. The van der Waals surface area contributed by atoms with Gasteiger partial charge in [-0.1, -0.05) is 54.6 Å². The van der Waals surface area contributed by atoms with Crippen molar-refractivity contribution in [2.45, 2.75) is 49.8 Å². The minimum atomic E-state index is -0.697. The van der Waals surface area contributed by atoms with E-state index in [0.29, 0.717) is 12.3 Å². The predicted molar refractivity (Wildman–Crippen MR) is 138 cm³/mol. The van der Waals surface area contributed by atoms with Crippen LogP contribution in [0.25, 0.3) is 10.8 Å². The van der Waals surface area contributed by atoms with Crippen molar-refractivity contribution < 1.29 is 14.3 Å². The van der Waals surface area contributed by atoms with Gasteiger partial charge in [0.15, 0.2) is 5.89 Å². The number of benzene rings is 3. The highest BCUT2D eigenvalue weighted by Gasteiger charge is 2.50. The molecule has 36 heavy (non-hydrogen) atoms. The second-order valence-electron chi connectivity index (χ2n) is 10.6. The van der Waals surface area contributed by atoms with Crippen molar-refractivity contribution in [3.63, 3.8) is 0 Å². The molecule has 1 aliphatic carbocycles. The lowest BCUT2D eigenvalue weighted by Crippen LogP contribution is -2.50. The lowest BCUT2D eigenvalue weighted by Gasteiger charge is -2.41. The molecule has 6 nitrogen and oxygen atoms in total. The van der Waals surface area contributed by atoms with Crippen LogP contribution >= 0.6 is 0 Å². The molecule has 7 rings (SSSR count). The van der Waals surface area contributed by atoms with Crippen LogP contribution in [0.3, 0.4) is 0 Å². The van der Waals surface area contributed by atoms with Crippen LogP contribution in [-0.4, -0.2) is 40.0 Å². The molecule has 1 fully saturated rings. The number of aromatic nitrogens is 1. The van der Waals surface area contributed by atoms with Gasteiger partial charge in [0, 0.05) is 31.2 Å². The largest absolute Gasteiger partial charge is 0.449 e. The molecule has 3 aliphatic rings. The van der Waals surface area contributed by atoms with E-state index in [-0.39, 0.29) is 18.0 Å². The molecule has 0 bridgehead atoms. The molecule has 6 heteroatoms. The molecule has 1 amide bonds. The second-order valence-corrected chi connectivity index (χ2v) is 10.6. The maximum atomic E-state index is 14.0. The third-order valence-electron chi connectivity index (χ3n) is 8.60.